The summed E-state index contributed by atoms with van der Waals surface area (Å²) < 4.78 is 19.3. The molecule has 1 aliphatic heterocycles. The topological polar surface area (TPSA) is 50.3 Å². The molecule has 2 aromatic rings. The van der Waals surface area contributed by atoms with E-state index in [2.05, 4.69) is 34.0 Å². The minimum Gasteiger partial charge on any atom is -0.378 e. The molecule has 1 aromatic heterocycles. The van der Waals surface area contributed by atoms with E-state index >= 15 is 0 Å². The molecule has 0 aliphatic carbocycles. The Balaban J connectivity index is 1.68. The standard InChI is InChI=1S/C16H21FN4O/c1-16(2)10-22-9-8-21(16)7-6-18-15-12-4-3-5-13(17)14(12)19-11-20-15/h3-5,11H,6-10H2,1-2H3,(H,18,19,20). The third-order valence-electron chi connectivity index (χ3n) is 4.11. The second-order valence-electron chi connectivity index (χ2n) is 6.14. The summed E-state index contributed by atoms with van der Waals surface area (Å²) in [6.45, 7) is 8.43. The Morgan fingerprint density at radius 1 is 1.36 bits per heavy atom. The number of halogens is 1. The van der Waals surface area contributed by atoms with Crippen LogP contribution in [0.1, 0.15) is 13.8 Å². The van der Waals surface area contributed by atoms with E-state index in [1.165, 1.54) is 12.4 Å². The highest BCUT2D eigenvalue weighted by Crippen LogP contribution is 2.22. The van der Waals surface area contributed by atoms with E-state index in [-0.39, 0.29) is 11.4 Å². The molecule has 0 radical (unpaired) electrons. The van der Waals surface area contributed by atoms with E-state index < -0.39 is 0 Å². The van der Waals surface area contributed by atoms with Gasteiger partial charge >= 0.3 is 0 Å². The second kappa shape index (κ2) is 6.14. The van der Waals surface area contributed by atoms with Crippen LogP contribution in [0.2, 0.25) is 0 Å². The van der Waals surface area contributed by atoms with Crippen LogP contribution < -0.4 is 5.32 Å². The number of morpholine rings is 1. The van der Waals surface area contributed by atoms with E-state index in [1.54, 1.807) is 6.07 Å². The maximum Gasteiger partial charge on any atom is 0.149 e. The van der Waals surface area contributed by atoms with Crippen molar-refractivity contribution < 1.29 is 9.13 Å². The Morgan fingerprint density at radius 3 is 3.05 bits per heavy atom. The van der Waals surface area contributed by atoms with Crippen molar-refractivity contribution in [1.82, 2.24) is 14.9 Å². The molecule has 5 nitrogen and oxygen atoms in total. The van der Waals surface area contributed by atoms with Crippen LogP contribution in [0.5, 0.6) is 0 Å². The van der Waals surface area contributed by atoms with Crippen molar-refractivity contribution in [3.63, 3.8) is 0 Å². The van der Waals surface area contributed by atoms with E-state index in [4.69, 9.17) is 4.74 Å². The average Bonchev–Trinajstić information content (AvgIpc) is 2.50. The number of aromatic nitrogens is 2. The molecule has 22 heavy (non-hydrogen) atoms. The predicted molar refractivity (Wildman–Crippen MR) is 84.5 cm³/mol. The lowest BCUT2D eigenvalue weighted by Crippen LogP contribution is -2.54. The summed E-state index contributed by atoms with van der Waals surface area (Å²) in [5, 5.41) is 4.01. The molecule has 3 rings (SSSR count). The molecule has 1 fully saturated rings. The average molecular weight is 304 g/mol. The highest BCUT2D eigenvalue weighted by molar-refractivity contribution is 5.89. The Labute approximate surface area is 129 Å². The maximum atomic E-state index is 13.7. The van der Waals surface area contributed by atoms with Gasteiger partial charge < -0.3 is 10.1 Å². The summed E-state index contributed by atoms with van der Waals surface area (Å²) in [5.41, 5.74) is 0.395. The number of rotatable bonds is 4. The third-order valence-corrected chi connectivity index (χ3v) is 4.11. The van der Waals surface area contributed by atoms with Crippen LogP contribution in [0, 0.1) is 5.82 Å². The molecule has 1 aromatic carbocycles. The van der Waals surface area contributed by atoms with Crippen LogP contribution >= 0.6 is 0 Å². The number of nitrogens with one attached hydrogen (secondary N) is 1. The Hall–Kier alpha value is -1.79. The first-order valence-corrected chi connectivity index (χ1v) is 7.54. The molecule has 1 aliphatic rings. The zero-order valence-electron chi connectivity index (χ0n) is 13.0. The number of ether oxygens (including phenoxy) is 1. The fourth-order valence-corrected chi connectivity index (χ4v) is 2.81. The van der Waals surface area contributed by atoms with E-state index in [9.17, 15) is 4.39 Å². The first-order chi connectivity index (χ1) is 10.6. The third kappa shape index (κ3) is 3.03. The number of para-hydroxylation sites is 1. The summed E-state index contributed by atoms with van der Waals surface area (Å²) in [4.78, 5) is 10.6. The lowest BCUT2D eigenvalue weighted by molar-refractivity contribution is -0.0487. The quantitative estimate of drug-likeness (QED) is 0.939. The summed E-state index contributed by atoms with van der Waals surface area (Å²) in [7, 11) is 0. The Morgan fingerprint density at radius 2 is 2.23 bits per heavy atom. The molecule has 1 saturated heterocycles. The molecule has 2 heterocycles. The summed E-state index contributed by atoms with van der Waals surface area (Å²) >= 11 is 0. The lowest BCUT2D eigenvalue weighted by Gasteiger charge is -2.42. The zero-order valence-corrected chi connectivity index (χ0v) is 13.0. The molecule has 0 unspecified atom stereocenters. The summed E-state index contributed by atoms with van der Waals surface area (Å²) in [6, 6.07) is 4.92. The number of hydrogen-bond acceptors (Lipinski definition) is 5. The van der Waals surface area contributed by atoms with Gasteiger partial charge in [-0.05, 0) is 26.0 Å². The highest BCUT2D eigenvalue weighted by Gasteiger charge is 2.29. The van der Waals surface area contributed by atoms with Crippen LogP contribution in [0.4, 0.5) is 10.2 Å². The number of benzene rings is 1. The van der Waals surface area contributed by atoms with Gasteiger partial charge in [-0.15, -0.1) is 0 Å². The van der Waals surface area contributed by atoms with Gasteiger partial charge in [-0.2, -0.15) is 0 Å². The van der Waals surface area contributed by atoms with Gasteiger partial charge in [0.15, 0.2) is 0 Å². The molecular formula is C16H21FN4O. The molecule has 0 atom stereocenters. The molecule has 0 saturated carbocycles. The predicted octanol–water partition coefficient (Wildman–Crippen LogP) is 2.29. The number of anilines is 1. The van der Waals surface area contributed by atoms with Gasteiger partial charge in [-0.3, -0.25) is 4.90 Å². The van der Waals surface area contributed by atoms with Gasteiger partial charge in [-0.1, -0.05) is 6.07 Å². The van der Waals surface area contributed by atoms with Gasteiger partial charge in [0, 0.05) is 30.6 Å². The SMILES string of the molecule is CC1(C)COCCN1CCNc1ncnc2c(F)cccc12. The number of nitrogens with zero attached hydrogens (tertiary/aromatic N) is 3. The maximum absolute atomic E-state index is 13.7. The van der Waals surface area contributed by atoms with Crippen molar-refractivity contribution >= 4 is 16.7 Å². The van der Waals surface area contributed by atoms with Crippen LogP contribution in [0.25, 0.3) is 10.9 Å². The molecule has 0 bridgehead atoms. The first-order valence-electron chi connectivity index (χ1n) is 7.54. The molecular weight excluding hydrogens is 283 g/mol. The molecule has 118 valence electrons. The van der Waals surface area contributed by atoms with Crippen molar-refractivity contribution in [2.45, 2.75) is 19.4 Å². The van der Waals surface area contributed by atoms with Crippen LogP contribution in [-0.2, 0) is 4.74 Å². The summed E-state index contributed by atoms with van der Waals surface area (Å²) in [5.74, 6) is 0.354. The van der Waals surface area contributed by atoms with Crippen molar-refractivity contribution in [1.29, 1.82) is 0 Å². The monoisotopic (exact) mass is 304 g/mol. The van der Waals surface area contributed by atoms with Crippen LogP contribution in [0.15, 0.2) is 24.5 Å². The van der Waals surface area contributed by atoms with E-state index in [1.807, 2.05) is 6.07 Å². The van der Waals surface area contributed by atoms with Crippen molar-refractivity contribution in [2.24, 2.45) is 0 Å². The Kier molecular flexibility index (Phi) is 4.22. The van der Waals surface area contributed by atoms with Gasteiger partial charge in [0.25, 0.3) is 0 Å². The highest BCUT2D eigenvalue weighted by atomic mass is 19.1. The van der Waals surface area contributed by atoms with Gasteiger partial charge in [0.1, 0.15) is 23.5 Å². The minimum absolute atomic E-state index is 0.0414. The number of hydrogen-bond donors (Lipinski definition) is 1. The fourth-order valence-electron chi connectivity index (χ4n) is 2.81. The van der Waals surface area contributed by atoms with Crippen molar-refractivity contribution in [3.05, 3.63) is 30.3 Å². The van der Waals surface area contributed by atoms with Gasteiger partial charge in [0.05, 0.1) is 13.2 Å². The van der Waals surface area contributed by atoms with E-state index in [0.29, 0.717) is 16.7 Å². The summed E-state index contributed by atoms with van der Waals surface area (Å²) in [6.07, 6.45) is 1.40. The first kappa shape index (κ1) is 15.1. The van der Waals surface area contributed by atoms with Gasteiger partial charge in [-0.25, -0.2) is 14.4 Å². The van der Waals surface area contributed by atoms with Crippen LogP contribution in [0.3, 0.4) is 0 Å². The second-order valence-corrected chi connectivity index (χ2v) is 6.14. The molecule has 6 heteroatoms. The van der Waals surface area contributed by atoms with E-state index in [0.717, 1.165) is 32.8 Å². The smallest absolute Gasteiger partial charge is 0.149 e. The zero-order chi connectivity index (χ0) is 15.6. The minimum atomic E-state index is -0.322. The lowest BCUT2D eigenvalue weighted by atomic mass is 10.0. The largest absolute Gasteiger partial charge is 0.378 e. The molecule has 1 N–H and O–H groups in total. The Bertz CT molecular complexity index is 662. The molecule has 0 spiro atoms. The normalized spacial score (nSPS) is 18.5. The molecule has 0 amide bonds. The number of fused-ring (bicyclic) bond motifs is 1. The van der Waals surface area contributed by atoms with Gasteiger partial charge in [0.2, 0.25) is 0 Å². The van der Waals surface area contributed by atoms with Crippen LogP contribution in [-0.4, -0.2) is 53.3 Å². The van der Waals surface area contributed by atoms with Crippen molar-refractivity contribution in [2.75, 3.05) is 38.2 Å². The fraction of sp³-hybridized carbons (Fsp3) is 0.500. The van der Waals surface area contributed by atoms with Crippen molar-refractivity contribution in [3.8, 4) is 0 Å².